The minimum atomic E-state index is -4.02. The van der Waals surface area contributed by atoms with Gasteiger partial charge in [0.25, 0.3) is 0 Å². The summed E-state index contributed by atoms with van der Waals surface area (Å²) in [7, 11) is -4.02. The van der Waals surface area contributed by atoms with Crippen LogP contribution < -0.4 is 4.31 Å². The number of rotatable bonds is 5. The largest absolute Gasteiger partial charge is 0.508 e. The van der Waals surface area contributed by atoms with Crippen LogP contribution in [0.5, 0.6) is 5.75 Å². The molecule has 18 heavy (non-hydrogen) atoms. The number of hydrogen-bond acceptors (Lipinski definition) is 5. The van der Waals surface area contributed by atoms with Crippen molar-refractivity contribution in [3.63, 3.8) is 0 Å². The number of carboxylic acids is 1. The van der Waals surface area contributed by atoms with Gasteiger partial charge in [0.2, 0.25) is 10.0 Å². The van der Waals surface area contributed by atoms with Crippen LogP contribution in [0, 0.1) is 11.3 Å². The molecule has 0 aliphatic carbocycles. The van der Waals surface area contributed by atoms with Crippen LogP contribution in [-0.2, 0) is 14.8 Å². The molecular weight excluding hydrogens is 260 g/mol. The zero-order valence-electron chi connectivity index (χ0n) is 9.15. The van der Waals surface area contributed by atoms with Crippen molar-refractivity contribution in [2.45, 2.75) is 0 Å². The Morgan fingerprint density at radius 2 is 1.89 bits per heavy atom. The molecule has 7 nitrogen and oxygen atoms in total. The van der Waals surface area contributed by atoms with E-state index in [9.17, 15) is 13.2 Å². The number of aromatic hydroxyl groups is 1. The first-order chi connectivity index (χ1) is 8.36. The van der Waals surface area contributed by atoms with E-state index in [1.807, 2.05) is 0 Å². The fraction of sp³-hybridized carbons (Fsp3) is 0.200. The van der Waals surface area contributed by atoms with Crippen LogP contribution in [0.1, 0.15) is 0 Å². The van der Waals surface area contributed by atoms with Crippen molar-refractivity contribution in [3.05, 3.63) is 24.3 Å². The molecule has 0 saturated carbocycles. The van der Waals surface area contributed by atoms with Gasteiger partial charge in [0.15, 0.2) is 5.75 Å². The molecule has 0 aliphatic heterocycles. The van der Waals surface area contributed by atoms with Gasteiger partial charge >= 0.3 is 5.97 Å². The molecule has 1 aromatic carbocycles. The molecule has 0 aromatic heterocycles. The molecule has 0 spiro atoms. The molecule has 8 heteroatoms. The van der Waals surface area contributed by atoms with Crippen LogP contribution in [0.25, 0.3) is 0 Å². The molecular formula is C10H10N2O5S. The van der Waals surface area contributed by atoms with E-state index in [1.54, 1.807) is 0 Å². The maximum Gasteiger partial charge on any atom is 0.324 e. The third-order valence-corrected chi connectivity index (χ3v) is 3.50. The minimum Gasteiger partial charge on any atom is -0.508 e. The summed E-state index contributed by atoms with van der Waals surface area (Å²) in [5.74, 6) is -2.24. The molecule has 96 valence electrons. The molecule has 2 N–H and O–H groups in total. The Balaban J connectivity index is 3.18. The standard InChI is InChI=1S/C10H10N2O5S/c11-5-6-18(16,17)12(7-10(14)15)8-1-3-9(13)4-2-8/h1-4,13H,6-7H2,(H,14,15). The maximum atomic E-state index is 11.7. The zero-order valence-corrected chi connectivity index (χ0v) is 9.96. The third-order valence-electron chi connectivity index (χ3n) is 2.00. The van der Waals surface area contributed by atoms with E-state index >= 15 is 0 Å². The lowest BCUT2D eigenvalue weighted by Gasteiger charge is -2.21. The van der Waals surface area contributed by atoms with Gasteiger partial charge in [-0.2, -0.15) is 5.26 Å². The first-order valence-corrected chi connectivity index (χ1v) is 6.36. The Labute approximate surface area is 104 Å². The molecule has 0 atom stereocenters. The highest BCUT2D eigenvalue weighted by molar-refractivity contribution is 7.93. The second-order valence-electron chi connectivity index (χ2n) is 3.33. The Morgan fingerprint density at radius 1 is 1.33 bits per heavy atom. The van der Waals surface area contributed by atoms with Crippen molar-refractivity contribution in [3.8, 4) is 11.8 Å². The number of benzene rings is 1. The topological polar surface area (TPSA) is 119 Å². The van der Waals surface area contributed by atoms with Crippen molar-refractivity contribution >= 4 is 21.7 Å². The molecule has 0 fully saturated rings. The van der Waals surface area contributed by atoms with Gasteiger partial charge in [-0.05, 0) is 24.3 Å². The SMILES string of the molecule is N#CCS(=O)(=O)N(CC(=O)O)c1ccc(O)cc1. The number of nitrogens with zero attached hydrogens (tertiary/aromatic N) is 2. The molecule has 1 aromatic rings. The van der Waals surface area contributed by atoms with E-state index in [4.69, 9.17) is 15.5 Å². The van der Waals surface area contributed by atoms with Crippen molar-refractivity contribution in [1.29, 1.82) is 5.26 Å². The summed E-state index contributed by atoms with van der Waals surface area (Å²) in [6, 6.07) is 6.44. The number of anilines is 1. The number of phenols is 1. The molecule has 0 saturated heterocycles. The smallest absolute Gasteiger partial charge is 0.324 e. The van der Waals surface area contributed by atoms with Crippen LogP contribution >= 0.6 is 0 Å². The van der Waals surface area contributed by atoms with Gasteiger partial charge in [-0.3, -0.25) is 9.10 Å². The maximum absolute atomic E-state index is 11.7. The summed E-state index contributed by atoms with van der Waals surface area (Å²) in [5, 5.41) is 26.2. The van der Waals surface area contributed by atoms with Crippen LogP contribution in [0.3, 0.4) is 0 Å². The highest BCUT2D eigenvalue weighted by Crippen LogP contribution is 2.21. The van der Waals surface area contributed by atoms with E-state index in [1.165, 1.54) is 30.3 Å². The first-order valence-electron chi connectivity index (χ1n) is 4.75. The summed E-state index contributed by atoms with van der Waals surface area (Å²) < 4.78 is 24.1. The van der Waals surface area contributed by atoms with E-state index in [2.05, 4.69) is 0 Å². The predicted octanol–water partition coefficient (Wildman–Crippen LogP) is 0.137. The lowest BCUT2D eigenvalue weighted by atomic mass is 10.3. The summed E-state index contributed by atoms with van der Waals surface area (Å²) in [4.78, 5) is 10.7. The second kappa shape index (κ2) is 5.37. The van der Waals surface area contributed by atoms with E-state index in [0.29, 0.717) is 4.31 Å². The Morgan fingerprint density at radius 3 is 2.33 bits per heavy atom. The Hall–Kier alpha value is -2.27. The van der Waals surface area contributed by atoms with Gasteiger partial charge < -0.3 is 10.2 Å². The summed E-state index contributed by atoms with van der Waals surface area (Å²) in [5.41, 5.74) is 0.0745. The lowest BCUT2D eigenvalue weighted by Crippen LogP contribution is -2.37. The van der Waals surface area contributed by atoms with Crippen molar-refractivity contribution < 1.29 is 23.4 Å². The first kappa shape index (κ1) is 13.8. The lowest BCUT2D eigenvalue weighted by molar-refractivity contribution is -0.135. The number of carbonyl (C=O) groups is 1. The van der Waals surface area contributed by atoms with Gasteiger partial charge in [-0.1, -0.05) is 0 Å². The average Bonchev–Trinajstić information content (AvgIpc) is 2.27. The third kappa shape index (κ3) is 3.36. The number of nitriles is 1. The van der Waals surface area contributed by atoms with Crippen LogP contribution in [0.15, 0.2) is 24.3 Å². The van der Waals surface area contributed by atoms with Gasteiger partial charge in [-0.15, -0.1) is 0 Å². The normalized spacial score (nSPS) is 10.6. The number of phenolic OH excluding ortho intramolecular Hbond substituents is 1. The predicted molar refractivity (Wildman–Crippen MR) is 62.5 cm³/mol. The molecule has 0 heterocycles. The number of aliphatic carboxylic acids is 1. The number of sulfonamides is 1. The van der Waals surface area contributed by atoms with E-state index in [-0.39, 0.29) is 11.4 Å². The Kier molecular flexibility index (Phi) is 4.12. The zero-order chi connectivity index (χ0) is 13.8. The fourth-order valence-electron chi connectivity index (χ4n) is 1.25. The highest BCUT2D eigenvalue weighted by atomic mass is 32.2. The van der Waals surface area contributed by atoms with Gasteiger partial charge in [0.05, 0.1) is 11.8 Å². The summed E-state index contributed by atoms with van der Waals surface area (Å²) >= 11 is 0. The van der Waals surface area contributed by atoms with Crippen LogP contribution in [0.4, 0.5) is 5.69 Å². The van der Waals surface area contributed by atoms with Gasteiger partial charge in [0, 0.05) is 0 Å². The van der Waals surface area contributed by atoms with E-state index < -0.39 is 28.3 Å². The van der Waals surface area contributed by atoms with Crippen molar-refractivity contribution in [1.82, 2.24) is 0 Å². The second-order valence-corrected chi connectivity index (χ2v) is 5.22. The monoisotopic (exact) mass is 270 g/mol. The van der Waals surface area contributed by atoms with Crippen molar-refractivity contribution in [2.24, 2.45) is 0 Å². The highest BCUT2D eigenvalue weighted by Gasteiger charge is 2.24. The Bertz CT molecular complexity index is 573. The molecule has 0 amide bonds. The quantitative estimate of drug-likeness (QED) is 0.785. The molecule has 0 aliphatic rings. The van der Waals surface area contributed by atoms with Gasteiger partial charge in [-0.25, -0.2) is 8.42 Å². The van der Waals surface area contributed by atoms with Crippen molar-refractivity contribution in [2.75, 3.05) is 16.6 Å². The summed E-state index contributed by atoms with van der Waals surface area (Å²) in [6.07, 6.45) is 0. The molecule has 0 bridgehead atoms. The molecule has 0 radical (unpaired) electrons. The van der Waals surface area contributed by atoms with E-state index in [0.717, 1.165) is 0 Å². The molecule has 1 rings (SSSR count). The molecule has 0 unspecified atom stereocenters. The number of carboxylic acid groups (broad SMARTS) is 1. The minimum absolute atomic E-state index is 0.0745. The fourth-order valence-corrected chi connectivity index (χ4v) is 2.32. The van der Waals surface area contributed by atoms with Crippen LogP contribution in [0.2, 0.25) is 0 Å². The van der Waals surface area contributed by atoms with Gasteiger partial charge in [0.1, 0.15) is 12.3 Å². The van der Waals surface area contributed by atoms with Crippen LogP contribution in [-0.4, -0.2) is 36.9 Å². The summed E-state index contributed by atoms with van der Waals surface area (Å²) in [6.45, 7) is -0.783. The number of hydrogen-bond donors (Lipinski definition) is 2. The average molecular weight is 270 g/mol.